The topological polar surface area (TPSA) is 52.3 Å². The molecule has 0 bridgehead atoms. The van der Waals surface area contributed by atoms with Crippen molar-refractivity contribution in [2.75, 3.05) is 0 Å². The predicted molar refractivity (Wildman–Crippen MR) is 53.8 cm³/mol. The maximum Gasteiger partial charge on any atom is 0.309 e. The van der Waals surface area contributed by atoms with Crippen LogP contribution in [-0.4, -0.2) is 5.97 Å². The van der Waals surface area contributed by atoms with Crippen molar-refractivity contribution in [1.82, 2.24) is 0 Å². The lowest BCUT2D eigenvalue weighted by atomic mass is 10.1. The van der Waals surface area contributed by atoms with Crippen molar-refractivity contribution in [3.63, 3.8) is 0 Å². The van der Waals surface area contributed by atoms with Crippen molar-refractivity contribution in [2.45, 2.75) is 12.5 Å². The van der Waals surface area contributed by atoms with Gasteiger partial charge in [-0.15, -0.1) is 0 Å². The Hall–Kier alpha value is -0.920. The summed E-state index contributed by atoms with van der Waals surface area (Å²) in [4.78, 5) is 10.9. The highest BCUT2D eigenvalue weighted by atomic mass is 31.0. The second-order valence-corrected chi connectivity index (χ2v) is 2.95. The summed E-state index contributed by atoms with van der Waals surface area (Å²) in [6, 6.07) is 9.18. The molecule has 2 atom stereocenters. The van der Waals surface area contributed by atoms with Crippen LogP contribution >= 0.6 is 9.47 Å². The molecule has 0 heterocycles. The first-order valence-corrected chi connectivity index (χ1v) is 4.41. The normalized spacial score (nSPS) is 12.2. The summed E-state index contributed by atoms with van der Waals surface area (Å²) in [6.07, 6.45) is 0.202. The molecule has 0 aliphatic carbocycles. The number of rotatable bonds is 3. The molecule has 0 aliphatic rings. The molecule has 0 aliphatic heterocycles. The van der Waals surface area contributed by atoms with Crippen molar-refractivity contribution >= 4 is 15.4 Å². The Bertz CT molecular complexity index is 276. The highest BCUT2D eigenvalue weighted by Crippen LogP contribution is 2.14. The van der Waals surface area contributed by atoms with Crippen molar-refractivity contribution in [3.8, 4) is 0 Å². The van der Waals surface area contributed by atoms with E-state index in [2.05, 4.69) is 4.52 Å². The van der Waals surface area contributed by atoms with Crippen molar-refractivity contribution in [1.29, 1.82) is 0 Å². The Balaban J connectivity index is 2.59. The van der Waals surface area contributed by atoms with Gasteiger partial charge in [0.25, 0.3) is 0 Å². The van der Waals surface area contributed by atoms with E-state index in [-0.39, 0.29) is 18.4 Å². The number of carbonyl (C=O) groups is 1. The Morgan fingerprint density at radius 3 is 2.62 bits per heavy atom. The lowest BCUT2D eigenvalue weighted by Crippen LogP contribution is -2.15. The molecule has 3 nitrogen and oxygen atoms in total. The third kappa shape index (κ3) is 3.13. The van der Waals surface area contributed by atoms with E-state index in [1.54, 1.807) is 0 Å². The van der Waals surface area contributed by atoms with Gasteiger partial charge in [-0.25, -0.2) is 0 Å². The highest BCUT2D eigenvalue weighted by Gasteiger charge is 2.10. The van der Waals surface area contributed by atoms with Gasteiger partial charge in [0.05, 0.1) is 15.9 Å². The van der Waals surface area contributed by atoms with E-state index in [1.165, 1.54) is 0 Å². The fourth-order valence-corrected chi connectivity index (χ4v) is 1.14. The van der Waals surface area contributed by atoms with E-state index in [1.807, 2.05) is 39.8 Å². The highest BCUT2D eigenvalue weighted by molar-refractivity contribution is 7.10. The summed E-state index contributed by atoms with van der Waals surface area (Å²) in [7, 11) is 1.92. The molecule has 4 heteroatoms. The smallest absolute Gasteiger partial charge is 0.309 e. The van der Waals surface area contributed by atoms with Crippen LogP contribution < -0.4 is 5.73 Å². The standard InChI is InChI=1S/C9H12NO2P/c10-8(6-9(11)12-13)7-4-2-1-3-5-7/h1-5,8H,6,10,13H2. The summed E-state index contributed by atoms with van der Waals surface area (Å²) in [5, 5.41) is 0. The molecule has 70 valence electrons. The van der Waals surface area contributed by atoms with Crippen LogP contribution in [0.25, 0.3) is 0 Å². The first-order chi connectivity index (χ1) is 6.24. The van der Waals surface area contributed by atoms with Gasteiger partial charge in [0.1, 0.15) is 0 Å². The second-order valence-electron chi connectivity index (χ2n) is 2.71. The molecule has 0 fully saturated rings. The Kier molecular flexibility index (Phi) is 3.87. The van der Waals surface area contributed by atoms with Crippen LogP contribution in [0.3, 0.4) is 0 Å². The molecule has 13 heavy (non-hydrogen) atoms. The van der Waals surface area contributed by atoms with Crippen LogP contribution in [0.15, 0.2) is 30.3 Å². The van der Waals surface area contributed by atoms with Gasteiger partial charge >= 0.3 is 5.97 Å². The molecule has 0 saturated heterocycles. The predicted octanol–water partition coefficient (Wildman–Crippen LogP) is 1.41. The zero-order valence-corrected chi connectivity index (χ0v) is 8.30. The van der Waals surface area contributed by atoms with Gasteiger partial charge in [0, 0.05) is 6.04 Å². The SMILES string of the molecule is NC(CC(=O)OP)c1ccccc1. The minimum Gasteiger partial charge on any atom is -0.451 e. The van der Waals surface area contributed by atoms with Crippen LogP contribution in [0.5, 0.6) is 0 Å². The minimum atomic E-state index is -0.318. The zero-order chi connectivity index (χ0) is 9.68. The number of nitrogens with two attached hydrogens (primary N) is 1. The largest absolute Gasteiger partial charge is 0.451 e. The van der Waals surface area contributed by atoms with Crippen molar-refractivity contribution in [3.05, 3.63) is 35.9 Å². The Morgan fingerprint density at radius 2 is 2.08 bits per heavy atom. The lowest BCUT2D eigenvalue weighted by Gasteiger charge is -2.09. The van der Waals surface area contributed by atoms with E-state index in [0.717, 1.165) is 5.56 Å². The molecule has 0 aromatic heterocycles. The van der Waals surface area contributed by atoms with Crippen LogP contribution in [0.4, 0.5) is 0 Å². The quantitative estimate of drug-likeness (QED) is 0.745. The summed E-state index contributed by atoms with van der Waals surface area (Å²) in [5.74, 6) is -0.318. The van der Waals surface area contributed by atoms with Gasteiger partial charge in [0.15, 0.2) is 0 Å². The fraction of sp³-hybridized carbons (Fsp3) is 0.222. The molecule has 2 N–H and O–H groups in total. The summed E-state index contributed by atoms with van der Waals surface area (Å²) >= 11 is 0. The van der Waals surface area contributed by atoms with Gasteiger partial charge < -0.3 is 10.3 Å². The van der Waals surface area contributed by atoms with Crippen molar-refractivity contribution in [2.24, 2.45) is 5.73 Å². The molecular weight excluding hydrogens is 185 g/mol. The second kappa shape index (κ2) is 4.95. The zero-order valence-electron chi connectivity index (χ0n) is 7.14. The monoisotopic (exact) mass is 197 g/mol. The van der Waals surface area contributed by atoms with E-state index >= 15 is 0 Å². The number of hydrogen-bond donors (Lipinski definition) is 1. The molecule has 0 saturated carbocycles. The molecule has 0 amide bonds. The molecule has 0 radical (unpaired) electrons. The van der Waals surface area contributed by atoms with Crippen LogP contribution in [0.1, 0.15) is 18.0 Å². The Morgan fingerprint density at radius 1 is 1.46 bits per heavy atom. The van der Waals surface area contributed by atoms with Crippen LogP contribution in [-0.2, 0) is 9.32 Å². The minimum absolute atomic E-state index is 0.202. The first-order valence-electron chi connectivity index (χ1n) is 3.94. The van der Waals surface area contributed by atoms with Gasteiger partial charge in [-0.05, 0) is 5.56 Å². The number of hydrogen-bond acceptors (Lipinski definition) is 3. The van der Waals surface area contributed by atoms with E-state index in [0.29, 0.717) is 0 Å². The number of benzene rings is 1. The van der Waals surface area contributed by atoms with E-state index < -0.39 is 0 Å². The number of carbonyl (C=O) groups excluding carboxylic acids is 1. The third-order valence-electron chi connectivity index (χ3n) is 1.75. The van der Waals surface area contributed by atoms with Gasteiger partial charge in [0.2, 0.25) is 0 Å². The first kappa shape index (κ1) is 10.2. The molecule has 2 unspecified atom stereocenters. The summed E-state index contributed by atoms with van der Waals surface area (Å²) in [5.41, 5.74) is 6.70. The lowest BCUT2D eigenvalue weighted by molar-refractivity contribution is -0.133. The van der Waals surface area contributed by atoms with Crippen molar-refractivity contribution < 1.29 is 9.32 Å². The van der Waals surface area contributed by atoms with Gasteiger partial charge in [-0.3, -0.25) is 4.79 Å². The summed E-state index contributed by atoms with van der Waals surface area (Å²) < 4.78 is 4.44. The fourth-order valence-electron chi connectivity index (χ4n) is 1.05. The van der Waals surface area contributed by atoms with Gasteiger partial charge in [-0.1, -0.05) is 30.3 Å². The van der Waals surface area contributed by atoms with Crippen LogP contribution in [0, 0.1) is 0 Å². The van der Waals surface area contributed by atoms with E-state index in [4.69, 9.17) is 5.73 Å². The molecule has 1 aromatic carbocycles. The summed E-state index contributed by atoms with van der Waals surface area (Å²) in [6.45, 7) is 0. The molecular formula is C9H12NO2P. The van der Waals surface area contributed by atoms with E-state index in [9.17, 15) is 4.79 Å². The van der Waals surface area contributed by atoms with Crippen LogP contribution in [0.2, 0.25) is 0 Å². The van der Waals surface area contributed by atoms with Gasteiger partial charge in [-0.2, -0.15) is 0 Å². The third-order valence-corrected chi connectivity index (χ3v) is 2.01. The maximum absolute atomic E-state index is 10.9. The maximum atomic E-state index is 10.9. The molecule has 1 aromatic rings. The average molecular weight is 197 g/mol. The molecule has 1 rings (SSSR count). The Labute approximate surface area is 79.6 Å². The molecule has 0 spiro atoms. The average Bonchev–Trinajstić information content (AvgIpc) is 2.19.